The first-order valence-corrected chi connectivity index (χ1v) is 12.7. The number of benzene rings is 1. The Morgan fingerprint density at radius 2 is 1.91 bits per heavy atom. The lowest BCUT2D eigenvalue weighted by molar-refractivity contribution is -0.122. The van der Waals surface area contributed by atoms with Crippen LogP contribution in [0.5, 0.6) is 5.75 Å². The summed E-state index contributed by atoms with van der Waals surface area (Å²) in [6.07, 6.45) is 5.38. The zero-order valence-electron chi connectivity index (χ0n) is 18.0. The number of aromatic carboxylic acids is 1. The van der Waals surface area contributed by atoms with Gasteiger partial charge in [0.25, 0.3) is 0 Å². The molecule has 1 amide bonds. The maximum atomic E-state index is 12.5. The third kappa shape index (κ3) is 6.93. The molecule has 0 bridgehead atoms. The van der Waals surface area contributed by atoms with Crippen LogP contribution in [0.15, 0.2) is 18.2 Å². The van der Waals surface area contributed by atoms with Gasteiger partial charge in [-0.25, -0.2) is 17.9 Å². The van der Waals surface area contributed by atoms with Crippen LogP contribution in [-0.4, -0.2) is 68.9 Å². The Morgan fingerprint density at radius 3 is 2.56 bits per heavy atom. The number of carbonyl (C=O) groups is 2. The number of sulfonamides is 1. The fraction of sp³-hybridized carbons (Fsp3) is 0.600. The van der Waals surface area contributed by atoms with Crippen molar-refractivity contribution in [2.75, 3.05) is 19.3 Å². The molecule has 1 unspecified atom stereocenters. The van der Waals surface area contributed by atoms with Gasteiger partial charge in [-0.3, -0.25) is 4.79 Å². The molecule has 1 aliphatic heterocycles. The molecule has 3 rings (SSSR count). The van der Waals surface area contributed by atoms with Gasteiger partial charge >= 0.3 is 13.1 Å². The maximum Gasteiger partial charge on any atom is 0.547 e. The van der Waals surface area contributed by atoms with Crippen molar-refractivity contribution in [2.24, 2.45) is 5.92 Å². The number of rotatable bonds is 9. The van der Waals surface area contributed by atoms with Crippen LogP contribution in [0.1, 0.15) is 48.0 Å². The van der Waals surface area contributed by atoms with Gasteiger partial charge in [0.1, 0.15) is 5.75 Å². The van der Waals surface area contributed by atoms with Crippen LogP contribution in [0.4, 0.5) is 0 Å². The highest BCUT2D eigenvalue weighted by Crippen LogP contribution is 2.31. The summed E-state index contributed by atoms with van der Waals surface area (Å²) in [5.41, 5.74) is 0.626. The van der Waals surface area contributed by atoms with E-state index in [1.54, 1.807) is 12.1 Å². The molecule has 0 saturated heterocycles. The van der Waals surface area contributed by atoms with Crippen LogP contribution in [0.2, 0.25) is 0 Å². The Bertz CT molecular complexity index is 935. The maximum absolute atomic E-state index is 12.5. The smallest absolute Gasteiger partial charge is 0.534 e. The quantitative estimate of drug-likeness (QED) is 0.250. The lowest BCUT2D eigenvalue weighted by atomic mass is 9.72. The van der Waals surface area contributed by atoms with Gasteiger partial charge in [-0.2, -0.15) is 0 Å². The lowest BCUT2D eigenvalue weighted by Crippen LogP contribution is -2.53. The van der Waals surface area contributed by atoms with Crippen molar-refractivity contribution in [1.29, 1.82) is 0 Å². The standard InChI is InChI=1S/C20H30BN3O7S/c1-32(29,30)23-10-9-22-15-7-5-13(6-8-15)11-18(25)24-17-12-14-3-2-4-16(20(26)27)19(14)31-21(17)28/h2-4,13,15,17,22-23,28H,5-12H2,1H3,(H,24,25)(H,26,27). The highest BCUT2D eigenvalue weighted by atomic mass is 32.2. The SMILES string of the molecule is CS(=O)(=O)NCCNC1CCC(CC(=O)NC2Cc3cccc(C(=O)O)c3OB2O)CC1. The van der Waals surface area contributed by atoms with E-state index in [1.807, 2.05) is 0 Å². The number of nitrogens with one attached hydrogen (secondary N) is 3. The highest BCUT2D eigenvalue weighted by Gasteiger charge is 2.38. The molecule has 10 nitrogen and oxygen atoms in total. The summed E-state index contributed by atoms with van der Waals surface area (Å²) in [7, 11) is -4.49. The number of carboxylic acid groups (broad SMARTS) is 1. The molecule has 1 fully saturated rings. The van der Waals surface area contributed by atoms with E-state index in [9.17, 15) is 28.1 Å². The minimum absolute atomic E-state index is 0.0104. The van der Waals surface area contributed by atoms with Crippen LogP contribution in [0.3, 0.4) is 0 Å². The first kappa shape index (κ1) is 24.5. The number of fused-ring (bicyclic) bond motifs is 1. The largest absolute Gasteiger partial charge is 0.547 e. The molecule has 32 heavy (non-hydrogen) atoms. The molecule has 5 N–H and O–H groups in total. The molecule has 1 aromatic carbocycles. The third-order valence-electron chi connectivity index (χ3n) is 5.94. The summed E-state index contributed by atoms with van der Waals surface area (Å²) in [4.78, 5) is 23.9. The number of para-hydroxylation sites is 1. The fourth-order valence-electron chi connectivity index (χ4n) is 4.33. The summed E-state index contributed by atoms with van der Waals surface area (Å²) < 4.78 is 30.0. The van der Waals surface area contributed by atoms with Crippen molar-refractivity contribution < 1.29 is 32.8 Å². The van der Waals surface area contributed by atoms with Gasteiger partial charge in [0.05, 0.1) is 17.8 Å². The monoisotopic (exact) mass is 467 g/mol. The topological polar surface area (TPSA) is 154 Å². The van der Waals surface area contributed by atoms with Crippen LogP contribution < -0.4 is 20.0 Å². The van der Waals surface area contributed by atoms with E-state index in [4.69, 9.17) is 4.65 Å². The van der Waals surface area contributed by atoms with Crippen molar-refractivity contribution in [1.82, 2.24) is 15.4 Å². The molecule has 2 aliphatic rings. The van der Waals surface area contributed by atoms with Crippen molar-refractivity contribution in [3.8, 4) is 5.75 Å². The van der Waals surface area contributed by atoms with Gasteiger partial charge in [-0.1, -0.05) is 12.1 Å². The minimum Gasteiger partial charge on any atom is -0.534 e. The fourth-order valence-corrected chi connectivity index (χ4v) is 4.80. The van der Waals surface area contributed by atoms with Crippen LogP contribution in [-0.2, 0) is 21.2 Å². The normalized spacial score (nSPS) is 23.2. The zero-order chi connectivity index (χ0) is 23.3. The van der Waals surface area contributed by atoms with Crippen molar-refractivity contribution in [3.05, 3.63) is 29.3 Å². The predicted molar refractivity (Wildman–Crippen MR) is 119 cm³/mol. The minimum atomic E-state index is -3.18. The van der Waals surface area contributed by atoms with Gasteiger partial charge < -0.3 is 25.4 Å². The molecule has 1 atom stereocenters. The molecular weight excluding hydrogens is 437 g/mol. The molecule has 1 aromatic rings. The molecule has 1 aliphatic carbocycles. The predicted octanol–water partition coefficient (Wildman–Crippen LogP) is -0.0881. The molecule has 1 saturated carbocycles. The summed E-state index contributed by atoms with van der Waals surface area (Å²) in [5.74, 6) is -1.54. The van der Waals surface area contributed by atoms with E-state index >= 15 is 0 Å². The van der Waals surface area contributed by atoms with Crippen LogP contribution >= 0.6 is 0 Å². The number of carbonyl (C=O) groups excluding carboxylic acids is 1. The zero-order valence-corrected chi connectivity index (χ0v) is 18.9. The van der Waals surface area contributed by atoms with Crippen molar-refractivity contribution >= 4 is 29.0 Å². The molecule has 176 valence electrons. The van der Waals surface area contributed by atoms with Crippen LogP contribution in [0, 0.1) is 5.92 Å². The van der Waals surface area contributed by atoms with E-state index in [-0.39, 0.29) is 23.1 Å². The molecule has 1 heterocycles. The van der Waals surface area contributed by atoms with E-state index in [0.29, 0.717) is 37.5 Å². The number of hydrogen-bond donors (Lipinski definition) is 5. The third-order valence-corrected chi connectivity index (χ3v) is 6.67. The Labute approximate surface area is 188 Å². The Morgan fingerprint density at radius 1 is 1.19 bits per heavy atom. The van der Waals surface area contributed by atoms with Crippen LogP contribution in [0.25, 0.3) is 0 Å². The van der Waals surface area contributed by atoms with Crippen molar-refractivity contribution in [3.63, 3.8) is 0 Å². The molecule has 12 heteroatoms. The summed E-state index contributed by atoms with van der Waals surface area (Å²) >= 11 is 0. The Kier molecular flexibility index (Phi) is 8.15. The van der Waals surface area contributed by atoms with E-state index in [0.717, 1.165) is 31.9 Å². The Balaban J connectivity index is 1.42. The number of carboxylic acids is 1. The Hall–Kier alpha value is -2.15. The first-order chi connectivity index (χ1) is 15.1. The van der Waals surface area contributed by atoms with Gasteiger partial charge in [0.15, 0.2) is 0 Å². The second kappa shape index (κ2) is 10.6. The van der Waals surface area contributed by atoms with Gasteiger partial charge in [-0.15, -0.1) is 0 Å². The number of amides is 1. The summed E-state index contributed by atoms with van der Waals surface area (Å²) in [6.45, 7) is 0.914. The molecule has 0 aromatic heterocycles. The highest BCUT2D eigenvalue weighted by molar-refractivity contribution is 7.88. The van der Waals surface area contributed by atoms with Gasteiger partial charge in [-0.05, 0) is 49.7 Å². The molecular formula is C20H30BN3O7S. The second-order valence-corrected chi connectivity index (χ2v) is 10.4. The second-order valence-electron chi connectivity index (χ2n) is 8.53. The van der Waals surface area contributed by atoms with E-state index < -0.39 is 29.1 Å². The van der Waals surface area contributed by atoms with Gasteiger partial charge in [0, 0.05) is 25.6 Å². The van der Waals surface area contributed by atoms with E-state index in [2.05, 4.69) is 15.4 Å². The number of hydrogen-bond acceptors (Lipinski definition) is 7. The summed E-state index contributed by atoms with van der Waals surface area (Å²) in [5, 5.41) is 25.7. The average molecular weight is 467 g/mol. The van der Waals surface area contributed by atoms with E-state index in [1.165, 1.54) is 6.07 Å². The lowest BCUT2D eigenvalue weighted by Gasteiger charge is -2.31. The first-order valence-electron chi connectivity index (χ1n) is 10.8. The van der Waals surface area contributed by atoms with Crippen molar-refractivity contribution in [2.45, 2.75) is 50.5 Å². The van der Waals surface area contributed by atoms with Gasteiger partial charge in [0.2, 0.25) is 15.9 Å². The molecule has 0 radical (unpaired) electrons. The summed E-state index contributed by atoms with van der Waals surface area (Å²) in [6, 6.07) is 5.07. The molecule has 0 spiro atoms. The average Bonchev–Trinajstić information content (AvgIpc) is 2.71.